The second kappa shape index (κ2) is 11.4. The highest BCUT2D eigenvalue weighted by Crippen LogP contribution is 2.06. The molecule has 0 unspecified atom stereocenters. The summed E-state index contributed by atoms with van der Waals surface area (Å²) in [6.07, 6.45) is 0.348. The van der Waals surface area contributed by atoms with Crippen molar-refractivity contribution in [1.82, 2.24) is 4.90 Å². The van der Waals surface area contributed by atoms with Crippen molar-refractivity contribution in [3.63, 3.8) is 0 Å². The Morgan fingerprint density at radius 3 is 2.27 bits per heavy atom. The van der Waals surface area contributed by atoms with Crippen LogP contribution in [0.4, 0.5) is 22.1 Å². The summed E-state index contributed by atoms with van der Waals surface area (Å²) in [6, 6.07) is 2.07. The largest absolute Gasteiger partial charge is 0.673 e. The fourth-order valence-corrected chi connectivity index (χ4v) is 0.997. The molecular weight excluding hydrogens is 311 g/mol. The molecule has 0 bridgehead atoms. The van der Waals surface area contributed by atoms with Crippen molar-refractivity contribution in [2.45, 2.75) is 6.92 Å². The summed E-state index contributed by atoms with van der Waals surface area (Å²) in [4.78, 5) is 16.6. The molecule has 0 aliphatic heterocycles. The van der Waals surface area contributed by atoms with Crippen LogP contribution in [0.25, 0.3) is 0 Å². The van der Waals surface area contributed by atoms with Crippen molar-refractivity contribution < 1.29 is 36.1 Å². The maximum atomic E-state index is 11.2. The number of carbonyl (C=O) groups excluding carboxylic acids is 1. The Hall–Kier alpha value is -2.32. The van der Waals surface area contributed by atoms with Gasteiger partial charge in [-0.2, -0.15) is 5.26 Å². The standard InChI is InChI=1S/C10H17N4O3.BF4/c1-5-16-10(15)17-9(13(2)3)14(4)8-12-7-6-11;2-1(3,4)5/h7H,5,8H2,1-4H3;/q+1;-1. The molecule has 22 heavy (non-hydrogen) atoms. The Morgan fingerprint density at radius 1 is 1.41 bits per heavy atom. The number of ether oxygens (including phenoxy) is 2. The summed E-state index contributed by atoms with van der Waals surface area (Å²) >= 11 is 0. The lowest BCUT2D eigenvalue weighted by atomic mass is 10.3. The van der Waals surface area contributed by atoms with Crippen LogP contribution in [0.3, 0.4) is 0 Å². The lowest BCUT2D eigenvalue weighted by molar-refractivity contribution is -0.479. The number of hydrogen-bond donors (Lipinski definition) is 0. The van der Waals surface area contributed by atoms with Gasteiger partial charge in [0, 0.05) is 0 Å². The van der Waals surface area contributed by atoms with Crippen LogP contribution in [0, 0.1) is 11.3 Å². The van der Waals surface area contributed by atoms with E-state index in [1.807, 2.05) is 0 Å². The van der Waals surface area contributed by atoms with Crippen molar-refractivity contribution in [3.8, 4) is 6.07 Å². The molecule has 0 aromatic carbocycles. The highest BCUT2D eigenvalue weighted by Gasteiger charge is 2.22. The Balaban J connectivity index is 0. The van der Waals surface area contributed by atoms with E-state index in [-0.39, 0.29) is 13.3 Å². The van der Waals surface area contributed by atoms with Gasteiger partial charge in [-0.15, -0.1) is 0 Å². The van der Waals surface area contributed by atoms with E-state index in [1.165, 1.54) is 0 Å². The molecule has 0 aliphatic rings. The monoisotopic (exact) mass is 328 g/mol. The van der Waals surface area contributed by atoms with Gasteiger partial charge in [-0.1, -0.05) is 0 Å². The van der Waals surface area contributed by atoms with Gasteiger partial charge in [0.05, 0.1) is 27.7 Å². The average molecular weight is 328 g/mol. The van der Waals surface area contributed by atoms with Crippen molar-refractivity contribution >= 4 is 25.6 Å². The normalized spacial score (nSPS) is 10.1. The first-order chi connectivity index (χ1) is 10.0. The number of nitrogens with zero attached hydrogens (tertiary/aromatic N) is 4. The summed E-state index contributed by atoms with van der Waals surface area (Å²) in [6.45, 7) is 2.15. The molecule has 0 radical (unpaired) electrons. The topological polar surface area (TPSA) is 77.9 Å². The molecule has 0 spiro atoms. The lowest BCUT2D eigenvalue weighted by Gasteiger charge is -2.12. The molecule has 0 N–H and O–H groups in total. The van der Waals surface area contributed by atoms with Crippen LogP contribution in [0.1, 0.15) is 6.92 Å². The highest BCUT2D eigenvalue weighted by molar-refractivity contribution is 6.50. The first-order valence-electron chi connectivity index (χ1n) is 5.88. The van der Waals surface area contributed by atoms with Crippen molar-refractivity contribution in [2.24, 2.45) is 4.99 Å². The molecule has 0 saturated carbocycles. The SMILES string of the molecule is CCOC(=O)OC(N(C)CN=CC#N)=[N+](C)C.F[B-](F)(F)F. The zero-order valence-corrected chi connectivity index (χ0v) is 12.6. The maximum Gasteiger partial charge on any atom is 0.673 e. The van der Waals surface area contributed by atoms with Crippen LogP contribution in [0.15, 0.2) is 4.99 Å². The van der Waals surface area contributed by atoms with Gasteiger partial charge in [0.2, 0.25) is 0 Å². The van der Waals surface area contributed by atoms with Crippen LogP contribution in [0.2, 0.25) is 0 Å². The molecule has 0 heterocycles. The van der Waals surface area contributed by atoms with Crippen LogP contribution in [0.5, 0.6) is 0 Å². The summed E-state index contributed by atoms with van der Waals surface area (Å²) < 4.78 is 50.3. The van der Waals surface area contributed by atoms with Crippen LogP contribution >= 0.6 is 0 Å². The highest BCUT2D eigenvalue weighted by atomic mass is 19.5. The van der Waals surface area contributed by atoms with E-state index in [2.05, 4.69) is 9.73 Å². The molecule has 7 nitrogen and oxygen atoms in total. The minimum absolute atomic E-state index is 0.209. The fraction of sp³-hybridized carbons (Fsp3) is 0.600. The van der Waals surface area contributed by atoms with Crippen LogP contribution in [-0.2, 0) is 9.47 Å². The first kappa shape index (κ1) is 22.0. The second-order valence-corrected chi connectivity index (χ2v) is 3.74. The van der Waals surface area contributed by atoms with Crippen molar-refractivity contribution in [1.29, 1.82) is 5.26 Å². The van der Waals surface area contributed by atoms with Gasteiger partial charge < -0.3 is 26.7 Å². The summed E-state index contributed by atoms with van der Waals surface area (Å²) in [5.74, 6) is 0. The van der Waals surface area contributed by atoms with Gasteiger partial charge in [-0.05, 0) is 6.92 Å². The predicted octanol–water partition coefficient (Wildman–Crippen LogP) is 1.57. The number of amidine groups is 1. The minimum atomic E-state index is -6.00. The van der Waals surface area contributed by atoms with Gasteiger partial charge in [-0.25, -0.2) is 19.3 Å². The van der Waals surface area contributed by atoms with Gasteiger partial charge >= 0.3 is 19.4 Å². The number of rotatable bonds is 3. The third-order valence-corrected chi connectivity index (χ3v) is 1.59. The molecule has 12 heteroatoms. The molecule has 0 atom stereocenters. The predicted molar refractivity (Wildman–Crippen MR) is 72.1 cm³/mol. The molecule has 0 aliphatic carbocycles. The van der Waals surface area contributed by atoms with E-state index in [0.717, 1.165) is 6.21 Å². The second-order valence-electron chi connectivity index (χ2n) is 3.74. The van der Waals surface area contributed by atoms with E-state index in [1.54, 1.807) is 43.6 Å². The molecule has 0 saturated heterocycles. The van der Waals surface area contributed by atoms with Gasteiger partial charge in [0.15, 0.2) is 6.67 Å². The molecule has 0 amide bonds. The van der Waals surface area contributed by atoms with E-state index in [9.17, 15) is 22.1 Å². The van der Waals surface area contributed by atoms with Crippen LogP contribution in [-0.4, -0.2) is 69.5 Å². The number of nitriles is 1. The van der Waals surface area contributed by atoms with E-state index in [4.69, 9.17) is 10.00 Å². The molecular formula is C10H17BF4N4O3. The molecule has 126 valence electrons. The van der Waals surface area contributed by atoms with Gasteiger partial charge in [0.1, 0.15) is 12.3 Å². The van der Waals surface area contributed by atoms with Crippen molar-refractivity contribution in [2.75, 3.05) is 34.4 Å². The van der Waals surface area contributed by atoms with Gasteiger partial charge in [0.25, 0.3) is 0 Å². The zero-order chi connectivity index (χ0) is 17.8. The Bertz CT molecular complexity index is 438. The van der Waals surface area contributed by atoms with E-state index >= 15 is 0 Å². The zero-order valence-electron chi connectivity index (χ0n) is 12.6. The Labute approximate surface area is 125 Å². The number of halogens is 4. The number of carbonyl (C=O) groups is 1. The fourth-order valence-electron chi connectivity index (χ4n) is 0.997. The number of hydrogen-bond acceptors (Lipinski definition) is 5. The lowest BCUT2D eigenvalue weighted by Crippen LogP contribution is -2.37. The molecule has 0 rings (SSSR count). The van der Waals surface area contributed by atoms with Crippen LogP contribution < -0.4 is 0 Å². The Morgan fingerprint density at radius 2 is 1.91 bits per heavy atom. The van der Waals surface area contributed by atoms with Gasteiger partial charge in [-0.3, -0.25) is 0 Å². The van der Waals surface area contributed by atoms with E-state index < -0.39 is 13.4 Å². The maximum absolute atomic E-state index is 11.2. The number of aliphatic imine (C=N–C) groups is 1. The third-order valence-electron chi connectivity index (χ3n) is 1.59. The molecule has 0 aromatic heterocycles. The Kier molecular flexibility index (Phi) is 11.3. The van der Waals surface area contributed by atoms with Crippen molar-refractivity contribution in [3.05, 3.63) is 0 Å². The molecule has 0 aromatic rings. The third kappa shape index (κ3) is 15.7. The molecule has 0 fully saturated rings. The first-order valence-corrected chi connectivity index (χ1v) is 5.88. The summed E-state index contributed by atoms with van der Waals surface area (Å²) in [5, 5.41) is 8.30. The minimum Gasteiger partial charge on any atom is -0.434 e. The summed E-state index contributed by atoms with van der Waals surface area (Å²) in [5.41, 5.74) is 0. The van der Waals surface area contributed by atoms with E-state index in [0.29, 0.717) is 6.02 Å². The smallest absolute Gasteiger partial charge is 0.434 e. The summed E-state index contributed by atoms with van der Waals surface area (Å²) in [7, 11) is -0.874. The average Bonchev–Trinajstić information content (AvgIpc) is 2.34. The quantitative estimate of drug-likeness (QED) is 0.196.